The lowest BCUT2D eigenvalue weighted by molar-refractivity contribution is 0.355. The van der Waals surface area contributed by atoms with Crippen LogP contribution in [0.3, 0.4) is 0 Å². The molecule has 0 aliphatic carbocycles. The molecule has 0 aromatic heterocycles. The van der Waals surface area contributed by atoms with Gasteiger partial charge in [0.05, 0.1) is 0 Å². The van der Waals surface area contributed by atoms with E-state index < -0.39 is 0 Å². The molecule has 1 nitrogen and oxygen atoms in total. The average molecular weight is 157 g/mol. The second-order valence-electron chi connectivity index (χ2n) is 3.41. The largest absolute Gasteiger partial charge is 0.327 e. The summed E-state index contributed by atoms with van der Waals surface area (Å²) in [6.07, 6.45) is 6.30. The molecule has 0 rings (SSSR count). The Bertz CT molecular complexity index is 74.9. The van der Waals surface area contributed by atoms with Crippen molar-refractivity contribution in [1.29, 1.82) is 0 Å². The van der Waals surface area contributed by atoms with E-state index in [1.165, 1.54) is 25.7 Å². The maximum absolute atomic E-state index is 5.99. The van der Waals surface area contributed by atoms with Crippen molar-refractivity contribution in [3.05, 3.63) is 0 Å². The molecular weight excluding hydrogens is 134 g/mol. The van der Waals surface area contributed by atoms with E-state index in [-0.39, 0.29) is 0 Å². The minimum Gasteiger partial charge on any atom is -0.327 e. The molecule has 2 N–H and O–H groups in total. The molecule has 1 heteroatoms. The summed E-state index contributed by atoms with van der Waals surface area (Å²) in [6, 6.07) is 0.440. The van der Waals surface area contributed by atoms with Gasteiger partial charge in [-0.05, 0) is 25.2 Å². The molecule has 0 amide bonds. The summed E-state index contributed by atoms with van der Waals surface area (Å²) in [6.45, 7) is 6.67. The van der Waals surface area contributed by atoms with E-state index >= 15 is 0 Å². The Balaban J connectivity index is 3.66. The maximum atomic E-state index is 5.99. The van der Waals surface area contributed by atoms with Crippen LogP contribution in [0.4, 0.5) is 0 Å². The van der Waals surface area contributed by atoms with E-state index in [1.807, 2.05) is 0 Å². The first kappa shape index (κ1) is 11.0. The highest BCUT2D eigenvalue weighted by Gasteiger charge is 2.13. The average Bonchev–Trinajstić information content (AvgIpc) is 2.03. The highest BCUT2D eigenvalue weighted by atomic mass is 14.6. The van der Waals surface area contributed by atoms with Gasteiger partial charge in [-0.3, -0.25) is 0 Å². The lowest BCUT2D eigenvalue weighted by Crippen LogP contribution is -2.29. The third-order valence-corrected chi connectivity index (χ3v) is 2.40. The summed E-state index contributed by atoms with van der Waals surface area (Å²) in [4.78, 5) is 0. The minimum atomic E-state index is 0.440. The Kier molecular flexibility index (Phi) is 6.63. The van der Waals surface area contributed by atoms with Gasteiger partial charge in [0, 0.05) is 6.04 Å². The number of hydrogen-bond acceptors (Lipinski definition) is 1. The third kappa shape index (κ3) is 4.41. The molecule has 0 saturated heterocycles. The summed E-state index contributed by atoms with van der Waals surface area (Å²) >= 11 is 0. The van der Waals surface area contributed by atoms with Crippen molar-refractivity contribution in [2.24, 2.45) is 11.7 Å². The third-order valence-electron chi connectivity index (χ3n) is 2.40. The van der Waals surface area contributed by atoms with E-state index in [2.05, 4.69) is 20.8 Å². The van der Waals surface area contributed by atoms with Crippen molar-refractivity contribution in [3.63, 3.8) is 0 Å². The Morgan fingerprint density at radius 3 is 1.73 bits per heavy atom. The molecule has 1 unspecified atom stereocenters. The Labute approximate surface area is 71.4 Å². The molecule has 1 atom stereocenters. The molecule has 11 heavy (non-hydrogen) atoms. The first-order valence-corrected chi connectivity index (χ1v) is 5.01. The molecule has 0 heterocycles. The second kappa shape index (κ2) is 6.66. The van der Waals surface area contributed by atoms with Gasteiger partial charge in [-0.2, -0.15) is 0 Å². The first-order valence-electron chi connectivity index (χ1n) is 5.01. The van der Waals surface area contributed by atoms with Crippen molar-refractivity contribution < 1.29 is 0 Å². The lowest BCUT2D eigenvalue weighted by atomic mass is 9.90. The number of hydrogen-bond donors (Lipinski definition) is 1. The molecular formula is C10H23N. The molecule has 0 fully saturated rings. The van der Waals surface area contributed by atoms with Gasteiger partial charge < -0.3 is 5.73 Å². The molecule has 0 aliphatic rings. The summed E-state index contributed by atoms with van der Waals surface area (Å²) < 4.78 is 0. The Hall–Kier alpha value is -0.0400. The fourth-order valence-electron chi connectivity index (χ4n) is 1.65. The van der Waals surface area contributed by atoms with E-state index in [0.29, 0.717) is 6.04 Å². The molecule has 0 aromatic rings. The summed E-state index contributed by atoms with van der Waals surface area (Å²) in [7, 11) is 0. The predicted octanol–water partition coefficient (Wildman–Crippen LogP) is 2.94. The molecule has 0 spiro atoms. The highest BCUT2D eigenvalue weighted by molar-refractivity contribution is 4.70. The fraction of sp³-hybridized carbons (Fsp3) is 1.00. The normalized spacial score (nSPS) is 13.9. The second-order valence-corrected chi connectivity index (χ2v) is 3.41. The van der Waals surface area contributed by atoms with Gasteiger partial charge in [-0.15, -0.1) is 0 Å². The van der Waals surface area contributed by atoms with E-state index in [4.69, 9.17) is 5.73 Å². The van der Waals surface area contributed by atoms with Crippen molar-refractivity contribution in [3.8, 4) is 0 Å². The zero-order valence-electron chi connectivity index (χ0n) is 8.27. The van der Waals surface area contributed by atoms with Gasteiger partial charge in [0.25, 0.3) is 0 Å². The lowest BCUT2D eigenvalue weighted by Gasteiger charge is -2.21. The molecule has 68 valence electrons. The van der Waals surface area contributed by atoms with Crippen LogP contribution in [-0.2, 0) is 0 Å². The monoisotopic (exact) mass is 157 g/mol. The molecule has 0 radical (unpaired) electrons. The Morgan fingerprint density at radius 2 is 1.45 bits per heavy atom. The van der Waals surface area contributed by atoms with Crippen molar-refractivity contribution in [2.45, 2.75) is 58.9 Å². The van der Waals surface area contributed by atoms with Crippen molar-refractivity contribution >= 4 is 0 Å². The summed E-state index contributed by atoms with van der Waals surface area (Å²) in [5, 5.41) is 0. The zero-order valence-corrected chi connectivity index (χ0v) is 8.27. The molecule has 0 saturated carbocycles. The van der Waals surface area contributed by atoms with Crippen LogP contribution in [0.15, 0.2) is 0 Å². The standard InChI is InChI=1S/C10H23N/c1-4-7-9(8-5-2)10(11)6-3/h9-10H,4-8,11H2,1-3H3. The molecule has 0 aromatic carbocycles. The summed E-state index contributed by atoms with van der Waals surface area (Å²) in [5.74, 6) is 0.773. The quantitative estimate of drug-likeness (QED) is 0.630. The van der Waals surface area contributed by atoms with E-state index in [0.717, 1.165) is 12.3 Å². The van der Waals surface area contributed by atoms with Gasteiger partial charge in [-0.25, -0.2) is 0 Å². The zero-order chi connectivity index (χ0) is 8.69. The van der Waals surface area contributed by atoms with E-state index in [1.54, 1.807) is 0 Å². The van der Waals surface area contributed by atoms with Crippen LogP contribution in [0.5, 0.6) is 0 Å². The van der Waals surface area contributed by atoms with Gasteiger partial charge in [0.15, 0.2) is 0 Å². The molecule has 0 bridgehead atoms. The van der Waals surface area contributed by atoms with Crippen LogP contribution in [-0.4, -0.2) is 6.04 Å². The van der Waals surface area contributed by atoms with Crippen LogP contribution < -0.4 is 5.73 Å². The number of nitrogens with two attached hydrogens (primary N) is 1. The van der Waals surface area contributed by atoms with Crippen molar-refractivity contribution in [1.82, 2.24) is 0 Å². The van der Waals surface area contributed by atoms with Crippen molar-refractivity contribution in [2.75, 3.05) is 0 Å². The van der Waals surface area contributed by atoms with Crippen LogP contribution in [0.2, 0.25) is 0 Å². The number of rotatable bonds is 6. The molecule has 0 aliphatic heterocycles. The van der Waals surface area contributed by atoms with Crippen LogP contribution >= 0.6 is 0 Å². The highest BCUT2D eigenvalue weighted by Crippen LogP contribution is 2.17. The fourth-order valence-corrected chi connectivity index (χ4v) is 1.65. The predicted molar refractivity (Wildman–Crippen MR) is 51.6 cm³/mol. The van der Waals surface area contributed by atoms with Gasteiger partial charge in [-0.1, -0.05) is 33.6 Å². The van der Waals surface area contributed by atoms with Gasteiger partial charge in [0.1, 0.15) is 0 Å². The van der Waals surface area contributed by atoms with Gasteiger partial charge >= 0.3 is 0 Å². The topological polar surface area (TPSA) is 26.0 Å². The SMILES string of the molecule is CCCC(CCC)C(N)CC. The van der Waals surface area contributed by atoms with Crippen LogP contribution in [0.1, 0.15) is 52.9 Å². The Morgan fingerprint density at radius 1 is 1.00 bits per heavy atom. The minimum absolute atomic E-state index is 0.440. The van der Waals surface area contributed by atoms with Crippen LogP contribution in [0.25, 0.3) is 0 Å². The van der Waals surface area contributed by atoms with Gasteiger partial charge in [0.2, 0.25) is 0 Å². The summed E-state index contributed by atoms with van der Waals surface area (Å²) in [5.41, 5.74) is 5.99. The maximum Gasteiger partial charge on any atom is 0.00645 e. The first-order chi connectivity index (χ1) is 5.26. The van der Waals surface area contributed by atoms with E-state index in [9.17, 15) is 0 Å². The smallest absolute Gasteiger partial charge is 0.00645 e. The van der Waals surface area contributed by atoms with Crippen LogP contribution in [0, 0.1) is 5.92 Å².